The molecule has 0 amide bonds. The molecule has 0 aromatic heterocycles. The monoisotopic (exact) mass is 690 g/mol. The van der Waals surface area contributed by atoms with Crippen LogP contribution in [0.15, 0.2) is 0 Å². The van der Waals surface area contributed by atoms with Crippen molar-refractivity contribution in [3.05, 3.63) is 0 Å². The largest absolute Gasteiger partial charge is 0.472 e. The lowest BCUT2D eigenvalue weighted by atomic mass is 9.85. The summed E-state index contributed by atoms with van der Waals surface area (Å²) < 4.78 is 63.6. The molecule has 0 aromatic rings. The molecule has 0 spiro atoms. The summed E-state index contributed by atoms with van der Waals surface area (Å²) >= 11 is 0. The van der Waals surface area contributed by atoms with Gasteiger partial charge in [-0.1, -0.05) is 39.5 Å². The number of hydrogen-bond donors (Lipinski definition) is 8. The zero-order valence-corrected chi connectivity index (χ0v) is 26.2. The fraction of sp³-hybridized carbons (Fsp3) is 0.905. The van der Waals surface area contributed by atoms with Crippen LogP contribution in [0.4, 0.5) is 0 Å². The lowest BCUT2D eigenvalue weighted by Crippen LogP contribution is -2.65. The quantitative estimate of drug-likeness (QED) is 0.0479. The van der Waals surface area contributed by atoms with Gasteiger partial charge in [-0.25, -0.2) is 13.7 Å². The van der Waals surface area contributed by atoms with Crippen LogP contribution < -0.4 is 0 Å². The molecule has 0 aromatic carbocycles. The summed E-state index contributed by atoms with van der Waals surface area (Å²) in [5.41, 5.74) is 0. The van der Waals surface area contributed by atoms with Gasteiger partial charge < -0.3 is 49.3 Å². The van der Waals surface area contributed by atoms with Gasteiger partial charge in [0.25, 0.3) is 0 Å². The second-order valence-electron chi connectivity index (χ2n) is 9.64. The fourth-order valence-corrected chi connectivity index (χ4v) is 5.97. The van der Waals surface area contributed by atoms with E-state index in [1.165, 1.54) is 0 Å². The number of ether oxygens (including phenoxy) is 2. The van der Waals surface area contributed by atoms with Crippen LogP contribution in [0.2, 0.25) is 0 Å². The summed E-state index contributed by atoms with van der Waals surface area (Å²) in [5.74, 6) is -1.36. The highest BCUT2D eigenvalue weighted by molar-refractivity contribution is 7.47. The first-order chi connectivity index (χ1) is 19.8. The second kappa shape index (κ2) is 18.3. The maximum Gasteiger partial charge on any atom is 0.472 e. The molecule has 19 nitrogen and oxygen atoms in total. The van der Waals surface area contributed by atoms with Gasteiger partial charge in [-0.2, -0.15) is 0 Å². The van der Waals surface area contributed by atoms with E-state index in [1.807, 2.05) is 13.8 Å². The van der Waals surface area contributed by atoms with Gasteiger partial charge in [0, 0.05) is 12.8 Å². The molecule has 1 fully saturated rings. The lowest BCUT2D eigenvalue weighted by molar-refractivity contribution is -0.213. The Hall–Kier alpha value is -0.850. The van der Waals surface area contributed by atoms with Gasteiger partial charge in [0.2, 0.25) is 0 Å². The number of phosphoric ester groups is 3. The predicted octanol–water partition coefficient (Wildman–Crippen LogP) is 0.156. The molecule has 0 radical (unpaired) electrons. The first-order valence-corrected chi connectivity index (χ1v) is 17.9. The third-order valence-corrected chi connectivity index (χ3v) is 7.94. The van der Waals surface area contributed by atoms with E-state index in [-0.39, 0.29) is 12.8 Å². The van der Waals surface area contributed by atoms with Crippen LogP contribution in [-0.2, 0) is 50.9 Å². The minimum atomic E-state index is -5.57. The number of rotatable bonds is 20. The highest BCUT2D eigenvalue weighted by atomic mass is 31.2. The number of unbranched alkanes of at least 4 members (excludes halogenated alkanes) is 4. The van der Waals surface area contributed by atoms with Gasteiger partial charge in [0.15, 0.2) is 6.10 Å². The highest BCUT2D eigenvalue weighted by Gasteiger charge is 2.56. The molecule has 254 valence electrons. The Morgan fingerprint density at radius 1 is 0.651 bits per heavy atom. The molecule has 8 N–H and O–H groups in total. The van der Waals surface area contributed by atoms with E-state index in [0.29, 0.717) is 19.3 Å². The average Bonchev–Trinajstić information content (AvgIpc) is 2.88. The third kappa shape index (κ3) is 15.8. The molecule has 0 heterocycles. The number of aliphatic hydroxyl groups is 3. The van der Waals surface area contributed by atoms with Gasteiger partial charge in [-0.15, -0.1) is 0 Å². The molecule has 8 atom stereocenters. The van der Waals surface area contributed by atoms with Crippen LogP contribution in [-0.4, -0.2) is 108 Å². The van der Waals surface area contributed by atoms with Gasteiger partial charge >= 0.3 is 35.4 Å². The van der Waals surface area contributed by atoms with Crippen molar-refractivity contribution in [1.82, 2.24) is 0 Å². The summed E-state index contributed by atoms with van der Waals surface area (Å²) in [7, 11) is -16.5. The maximum absolute atomic E-state index is 12.7. The Labute approximate surface area is 247 Å². The zero-order chi connectivity index (χ0) is 33.0. The number of aliphatic hydroxyl groups excluding tert-OH is 3. The molecule has 0 saturated heterocycles. The zero-order valence-electron chi connectivity index (χ0n) is 23.5. The fourth-order valence-electron chi connectivity index (χ4n) is 3.87. The Bertz CT molecular complexity index is 1010. The van der Waals surface area contributed by atoms with Crippen LogP contribution >= 0.6 is 23.5 Å². The first-order valence-electron chi connectivity index (χ1n) is 13.3. The summed E-state index contributed by atoms with van der Waals surface area (Å²) in [6.07, 6.45) is -12.1. The van der Waals surface area contributed by atoms with Crippen molar-refractivity contribution >= 4 is 35.4 Å². The van der Waals surface area contributed by atoms with E-state index in [4.69, 9.17) is 38.1 Å². The van der Waals surface area contributed by atoms with Crippen LogP contribution in [0.5, 0.6) is 0 Å². The van der Waals surface area contributed by atoms with Crippen molar-refractivity contribution in [2.75, 3.05) is 13.2 Å². The smallest absolute Gasteiger partial charge is 0.462 e. The van der Waals surface area contributed by atoms with Crippen LogP contribution in [0.3, 0.4) is 0 Å². The van der Waals surface area contributed by atoms with Crippen molar-refractivity contribution in [2.24, 2.45) is 0 Å². The van der Waals surface area contributed by atoms with E-state index in [1.54, 1.807) is 0 Å². The molecule has 1 saturated carbocycles. The number of hydrogen-bond acceptors (Lipinski definition) is 14. The topological polar surface area (TPSA) is 303 Å². The molecule has 1 aliphatic carbocycles. The number of carbonyl (C=O) groups excluding carboxylic acids is 2. The first kappa shape index (κ1) is 40.2. The maximum atomic E-state index is 12.7. The van der Waals surface area contributed by atoms with Gasteiger partial charge in [-0.05, 0) is 12.8 Å². The van der Waals surface area contributed by atoms with Crippen molar-refractivity contribution in [3.63, 3.8) is 0 Å². The number of esters is 2. The van der Waals surface area contributed by atoms with Crippen molar-refractivity contribution in [2.45, 2.75) is 108 Å². The Morgan fingerprint density at radius 3 is 1.60 bits per heavy atom. The molecule has 0 bridgehead atoms. The third-order valence-electron chi connectivity index (χ3n) is 5.91. The molecule has 22 heteroatoms. The molecule has 43 heavy (non-hydrogen) atoms. The van der Waals surface area contributed by atoms with Crippen molar-refractivity contribution < 1.29 is 90.6 Å². The summed E-state index contributed by atoms with van der Waals surface area (Å²) in [5, 5.41) is 31.2. The van der Waals surface area contributed by atoms with E-state index in [2.05, 4.69) is 9.05 Å². The van der Waals surface area contributed by atoms with Crippen LogP contribution in [0.1, 0.15) is 65.2 Å². The highest BCUT2D eigenvalue weighted by Crippen LogP contribution is 2.51. The minimum absolute atomic E-state index is 0.0147. The molecular weight excluding hydrogens is 649 g/mol. The molecule has 1 aliphatic rings. The van der Waals surface area contributed by atoms with Crippen LogP contribution in [0.25, 0.3) is 0 Å². The average molecular weight is 690 g/mol. The predicted molar refractivity (Wildman–Crippen MR) is 142 cm³/mol. The molecular formula is C21H41O19P3. The number of carbonyl (C=O) groups is 2. The molecule has 1 rings (SSSR count). The normalized spacial score (nSPS) is 26.8. The van der Waals surface area contributed by atoms with Gasteiger partial charge in [0.1, 0.15) is 43.2 Å². The van der Waals surface area contributed by atoms with Crippen LogP contribution in [0, 0.1) is 0 Å². The Balaban J connectivity index is 3.03. The summed E-state index contributed by atoms with van der Waals surface area (Å²) in [6, 6.07) is 0. The lowest BCUT2D eigenvalue weighted by Gasteiger charge is -2.44. The SMILES string of the molecule is CCCCCC(=O)OC[C@H](COP(=O)(O)O[C@@H]1[C@H](O)[C@H](O)[C@@H](OP(=O)(O)O)[C@H](OP(=O)(O)O)[C@H]1O)OC(=O)CCCCC. The second-order valence-corrected chi connectivity index (χ2v) is 13.4. The Kier molecular flexibility index (Phi) is 17.1. The van der Waals surface area contributed by atoms with E-state index in [0.717, 1.165) is 19.3 Å². The standard InChI is InChI=1S/C21H41O19P3/c1-3-5-7-9-14(22)35-11-13(37-15(23)10-8-6-4-2)12-36-43(33,34)40-19-16(24)17(25)20(38-41(27,28)29)21(18(19)26)39-42(30,31)32/h13,16-21,24-26H,3-12H2,1-2H3,(H,33,34)(H2,27,28,29)(H2,30,31,32)/t13-,16-,17+,18+,19-,20-,21-/m1/s1. The van der Waals surface area contributed by atoms with E-state index in [9.17, 15) is 43.5 Å². The van der Waals surface area contributed by atoms with E-state index >= 15 is 0 Å². The molecule has 1 unspecified atom stereocenters. The minimum Gasteiger partial charge on any atom is -0.462 e. The summed E-state index contributed by atoms with van der Waals surface area (Å²) in [4.78, 5) is 70.9. The molecule has 0 aliphatic heterocycles. The van der Waals surface area contributed by atoms with Gasteiger partial charge in [-0.3, -0.25) is 27.7 Å². The van der Waals surface area contributed by atoms with Gasteiger partial charge in [0.05, 0.1) is 6.61 Å². The van der Waals surface area contributed by atoms with Crippen molar-refractivity contribution in [3.8, 4) is 0 Å². The van der Waals surface area contributed by atoms with E-state index < -0.39 is 91.3 Å². The van der Waals surface area contributed by atoms with Crippen molar-refractivity contribution in [1.29, 1.82) is 0 Å². The summed E-state index contributed by atoms with van der Waals surface area (Å²) in [6.45, 7) is 2.35. The Morgan fingerprint density at radius 2 is 1.12 bits per heavy atom. The number of phosphoric acid groups is 3.